The van der Waals surface area contributed by atoms with Gasteiger partial charge in [0.05, 0.1) is 23.4 Å². The molecule has 2 aromatic heterocycles. The number of carbonyl (C=O) groups excluding carboxylic acids is 3. The van der Waals surface area contributed by atoms with E-state index < -0.39 is 42.3 Å². The van der Waals surface area contributed by atoms with Gasteiger partial charge >= 0.3 is 12.2 Å². The molecule has 0 aliphatic rings. The Hall–Kier alpha value is -4.81. The van der Waals surface area contributed by atoms with Crippen molar-refractivity contribution in [2.24, 2.45) is 5.92 Å². The molecule has 2 aromatic carbocycles. The van der Waals surface area contributed by atoms with E-state index in [4.69, 9.17) is 9.47 Å². The second kappa shape index (κ2) is 18.4. The fourth-order valence-corrected chi connectivity index (χ4v) is 5.51. The summed E-state index contributed by atoms with van der Waals surface area (Å²) < 4.78 is 10.7. The van der Waals surface area contributed by atoms with Crippen LogP contribution in [0.2, 0.25) is 0 Å². The lowest BCUT2D eigenvalue weighted by Crippen LogP contribution is -2.56. The maximum atomic E-state index is 13.6. The van der Waals surface area contributed by atoms with Gasteiger partial charge in [0.15, 0.2) is 0 Å². The zero-order chi connectivity index (χ0) is 33.4. The van der Waals surface area contributed by atoms with E-state index in [0.717, 1.165) is 16.7 Å². The van der Waals surface area contributed by atoms with E-state index >= 15 is 0 Å². The van der Waals surface area contributed by atoms with Crippen LogP contribution in [0.25, 0.3) is 0 Å². The highest BCUT2D eigenvalue weighted by atomic mass is 32.1. The van der Waals surface area contributed by atoms with Gasteiger partial charge in [-0.25, -0.2) is 14.6 Å². The van der Waals surface area contributed by atoms with Gasteiger partial charge in [-0.1, -0.05) is 80.6 Å². The van der Waals surface area contributed by atoms with E-state index in [2.05, 4.69) is 25.9 Å². The summed E-state index contributed by atoms with van der Waals surface area (Å²) in [5.74, 6) is -0.743. The van der Waals surface area contributed by atoms with Gasteiger partial charge < -0.3 is 30.5 Å². The molecule has 0 bridgehead atoms. The number of pyridine rings is 1. The molecule has 11 nitrogen and oxygen atoms in total. The molecule has 0 unspecified atom stereocenters. The molecule has 0 spiro atoms. The molecule has 0 fully saturated rings. The van der Waals surface area contributed by atoms with Crippen LogP contribution in [0.15, 0.2) is 96.1 Å². The first-order valence-corrected chi connectivity index (χ1v) is 16.4. The molecule has 0 aliphatic carbocycles. The molecule has 4 rings (SSSR count). The van der Waals surface area contributed by atoms with Gasteiger partial charge in [0.1, 0.15) is 19.3 Å². The molecule has 0 saturated heterocycles. The topological polar surface area (TPSA) is 152 Å². The second-order valence-corrected chi connectivity index (χ2v) is 12.2. The summed E-state index contributed by atoms with van der Waals surface area (Å²) in [6, 6.07) is 20.5. The van der Waals surface area contributed by atoms with Crippen molar-refractivity contribution in [2.75, 3.05) is 0 Å². The Morgan fingerprint density at radius 3 is 2.06 bits per heavy atom. The Morgan fingerprint density at radius 1 is 0.809 bits per heavy atom. The Balaban J connectivity index is 1.46. The molecule has 4 aromatic rings. The number of carbonyl (C=O) groups is 3. The summed E-state index contributed by atoms with van der Waals surface area (Å²) in [6.45, 7) is 3.65. The maximum Gasteiger partial charge on any atom is 0.408 e. The molecular formula is C35H41N5O6S. The fourth-order valence-electron chi connectivity index (χ4n) is 4.96. The summed E-state index contributed by atoms with van der Waals surface area (Å²) in [5, 5.41) is 21.9. The number of thiazole rings is 1. The van der Waals surface area contributed by atoms with E-state index in [0.29, 0.717) is 18.5 Å². The number of hydrogen-bond donors (Lipinski definition) is 4. The van der Waals surface area contributed by atoms with Crippen LogP contribution >= 0.6 is 11.3 Å². The summed E-state index contributed by atoms with van der Waals surface area (Å²) in [7, 11) is 0. The van der Waals surface area contributed by atoms with Crippen molar-refractivity contribution in [3.8, 4) is 0 Å². The number of aliphatic hydroxyl groups is 1. The summed E-state index contributed by atoms with van der Waals surface area (Å²) in [4.78, 5) is 47.2. The minimum absolute atomic E-state index is 0.0163. The average Bonchev–Trinajstić information content (AvgIpc) is 3.60. The first-order chi connectivity index (χ1) is 22.8. The second-order valence-electron chi connectivity index (χ2n) is 11.5. The van der Waals surface area contributed by atoms with Gasteiger partial charge in [0.25, 0.3) is 0 Å². The fraction of sp³-hybridized carbons (Fsp3) is 0.343. The summed E-state index contributed by atoms with van der Waals surface area (Å²) in [6.07, 6.45) is 1.66. The average molecular weight is 660 g/mol. The number of aromatic nitrogens is 2. The van der Waals surface area contributed by atoms with E-state index in [1.165, 1.54) is 11.3 Å². The van der Waals surface area contributed by atoms with Crippen molar-refractivity contribution in [3.63, 3.8) is 0 Å². The number of benzene rings is 2. The van der Waals surface area contributed by atoms with Crippen LogP contribution in [0.5, 0.6) is 0 Å². The van der Waals surface area contributed by atoms with Crippen molar-refractivity contribution in [1.29, 1.82) is 0 Å². The van der Waals surface area contributed by atoms with Gasteiger partial charge in [-0.2, -0.15) is 0 Å². The number of ether oxygens (including phenoxy) is 2. The highest BCUT2D eigenvalue weighted by Gasteiger charge is 2.31. The standard InChI is InChI=1S/C35H41N5O6S/c1-24(2)32(40-35(44)46-21-29-22-47-23-37-29)33(42)39-30(17-26-12-7-4-8-13-26)31(41)18-28(16-25-10-5-3-6-11-25)38-34(43)45-20-27-14-9-15-36-19-27/h3-15,19,22-24,28,30-32,41H,16-18,20-21H2,1-2H3,(H,38,43)(H,39,42)(H,40,44)/t28-,30-,31-,32-/m0/s1. The Labute approximate surface area is 278 Å². The van der Waals surface area contributed by atoms with Crippen LogP contribution in [0.3, 0.4) is 0 Å². The van der Waals surface area contributed by atoms with Crippen molar-refractivity contribution >= 4 is 29.4 Å². The minimum atomic E-state index is -1.07. The third kappa shape index (κ3) is 12.1. The highest BCUT2D eigenvalue weighted by Crippen LogP contribution is 2.16. The highest BCUT2D eigenvalue weighted by molar-refractivity contribution is 7.07. The summed E-state index contributed by atoms with van der Waals surface area (Å²) >= 11 is 1.39. The van der Waals surface area contributed by atoms with Gasteiger partial charge in [-0.3, -0.25) is 9.78 Å². The third-order valence-corrected chi connectivity index (χ3v) is 8.05. The Kier molecular flexibility index (Phi) is 13.7. The van der Waals surface area contributed by atoms with E-state index in [-0.39, 0.29) is 25.6 Å². The molecule has 248 valence electrons. The molecule has 4 atom stereocenters. The van der Waals surface area contributed by atoms with E-state index in [1.807, 2.05) is 80.6 Å². The molecular weight excluding hydrogens is 618 g/mol. The zero-order valence-corrected chi connectivity index (χ0v) is 27.3. The van der Waals surface area contributed by atoms with Crippen LogP contribution in [-0.2, 0) is 40.3 Å². The third-order valence-electron chi connectivity index (χ3n) is 7.41. The van der Waals surface area contributed by atoms with Crippen LogP contribution < -0.4 is 16.0 Å². The smallest absolute Gasteiger partial charge is 0.408 e. The number of aliphatic hydroxyl groups excluding tert-OH is 1. The number of hydrogen-bond acceptors (Lipinski definition) is 9. The number of nitrogens with zero attached hydrogens (tertiary/aromatic N) is 2. The predicted octanol–water partition coefficient (Wildman–Crippen LogP) is 4.81. The lowest BCUT2D eigenvalue weighted by atomic mass is 9.93. The predicted molar refractivity (Wildman–Crippen MR) is 178 cm³/mol. The molecule has 3 amide bonds. The van der Waals surface area contributed by atoms with Crippen molar-refractivity contribution in [3.05, 3.63) is 118 Å². The van der Waals surface area contributed by atoms with Crippen LogP contribution in [0.4, 0.5) is 9.59 Å². The first-order valence-electron chi connectivity index (χ1n) is 15.5. The Bertz CT molecular complexity index is 1510. The van der Waals surface area contributed by atoms with Crippen molar-refractivity contribution < 1.29 is 29.0 Å². The van der Waals surface area contributed by atoms with Crippen LogP contribution in [-0.4, -0.2) is 57.4 Å². The van der Waals surface area contributed by atoms with E-state index in [9.17, 15) is 19.5 Å². The molecule has 2 heterocycles. The van der Waals surface area contributed by atoms with Crippen molar-refractivity contribution in [1.82, 2.24) is 25.9 Å². The van der Waals surface area contributed by atoms with Crippen molar-refractivity contribution in [2.45, 2.75) is 70.6 Å². The number of rotatable bonds is 16. The Morgan fingerprint density at radius 2 is 1.45 bits per heavy atom. The zero-order valence-electron chi connectivity index (χ0n) is 26.5. The molecule has 0 saturated carbocycles. The van der Waals surface area contributed by atoms with Gasteiger partial charge in [0, 0.05) is 29.4 Å². The lowest BCUT2D eigenvalue weighted by molar-refractivity contribution is -0.125. The molecule has 47 heavy (non-hydrogen) atoms. The quantitative estimate of drug-likeness (QED) is 0.134. The van der Waals surface area contributed by atoms with Gasteiger partial charge in [-0.15, -0.1) is 11.3 Å². The number of nitrogens with one attached hydrogen (secondary N) is 3. The molecule has 0 radical (unpaired) electrons. The monoisotopic (exact) mass is 659 g/mol. The lowest BCUT2D eigenvalue weighted by Gasteiger charge is -2.30. The minimum Gasteiger partial charge on any atom is -0.445 e. The van der Waals surface area contributed by atoms with E-state index in [1.54, 1.807) is 29.4 Å². The number of alkyl carbamates (subject to hydrolysis) is 2. The molecule has 12 heteroatoms. The first kappa shape index (κ1) is 35.1. The SMILES string of the molecule is CC(C)[C@H](NC(=O)OCc1cscn1)C(=O)N[C@@H](Cc1ccccc1)[C@@H](O)C[C@H](Cc1ccccc1)NC(=O)OCc1cccnc1. The maximum absolute atomic E-state index is 13.6. The normalized spacial score (nSPS) is 13.5. The van der Waals surface area contributed by atoms with Crippen LogP contribution in [0, 0.1) is 5.92 Å². The van der Waals surface area contributed by atoms with Gasteiger partial charge in [0.2, 0.25) is 5.91 Å². The number of amides is 3. The molecule has 0 aliphatic heterocycles. The van der Waals surface area contributed by atoms with Crippen LogP contribution in [0.1, 0.15) is 42.7 Å². The van der Waals surface area contributed by atoms with Gasteiger partial charge in [-0.05, 0) is 42.4 Å². The molecule has 4 N–H and O–H groups in total. The summed E-state index contributed by atoms with van der Waals surface area (Å²) in [5.41, 5.74) is 4.86. The largest absolute Gasteiger partial charge is 0.445 e.